The van der Waals surface area contributed by atoms with E-state index in [0.717, 1.165) is 6.54 Å². The van der Waals surface area contributed by atoms with Crippen molar-refractivity contribution in [2.75, 3.05) is 18.4 Å². The Labute approximate surface area is 107 Å². The van der Waals surface area contributed by atoms with Gasteiger partial charge in [0.2, 0.25) is 10.1 Å². The number of nitrogens with one attached hydrogen (secondary N) is 2. The molecular weight excluding hydrogens is 254 g/mol. The number of carbonyl (C=O) groups is 1. The summed E-state index contributed by atoms with van der Waals surface area (Å²) >= 11 is 1.23. The van der Waals surface area contributed by atoms with Crippen molar-refractivity contribution in [2.24, 2.45) is 0 Å². The van der Waals surface area contributed by atoms with E-state index in [0.29, 0.717) is 23.2 Å². The Bertz CT molecular complexity index is 495. The van der Waals surface area contributed by atoms with Crippen LogP contribution in [0.4, 0.5) is 5.13 Å². The number of anilines is 1. The molecule has 0 aliphatic heterocycles. The smallest absolute Gasteiger partial charge is 0.282 e. The van der Waals surface area contributed by atoms with Gasteiger partial charge in [0.1, 0.15) is 0 Å². The fraction of sp³-hybridized carbons (Fsp3) is 0.444. The van der Waals surface area contributed by atoms with Crippen molar-refractivity contribution in [1.29, 1.82) is 0 Å². The topological polar surface area (TPSA) is 97.6 Å². The van der Waals surface area contributed by atoms with E-state index in [4.69, 9.17) is 0 Å². The van der Waals surface area contributed by atoms with Crippen LogP contribution in [0.15, 0.2) is 12.4 Å². The van der Waals surface area contributed by atoms with Gasteiger partial charge in [-0.1, -0.05) is 16.6 Å². The Balaban J connectivity index is 1.80. The van der Waals surface area contributed by atoms with Crippen molar-refractivity contribution in [1.82, 2.24) is 30.5 Å². The van der Waals surface area contributed by atoms with E-state index >= 15 is 0 Å². The summed E-state index contributed by atoms with van der Waals surface area (Å²) in [5, 5.41) is 21.9. The second kappa shape index (κ2) is 6.05. The first-order valence-electron chi connectivity index (χ1n) is 5.49. The first-order chi connectivity index (χ1) is 8.79. The quantitative estimate of drug-likeness (QED) is 0.764. The van der Waals surface area contributed by atoms with E-state index in [1.807, 2.05) is 6.92 Å². The molecule has 0 unspecified atom stereocenters. The van der Waals surface area contributed by atoms with E-state index in [1.54, 1.807) is 17.1 Å². The molecule has 2 aromatic rings. The predicted octanol–water partition coefficient (Wildman–Crippen LogP) is -0.00860. The molecule has 0 spiro atoms. The standard InChI is InChI=1S/C9H13N7OS/c1-2-10-9-14-13-8(18-9)7(17)11-3-5-16-6-4-12-15-16/h4,6H,2-3,5H2,1H3,(H,10,14)(H,11,17). The van der Waals surface area contributed by atoms with Crippen molar-refractivity contribution in [2.45, 2.75) is 13.5 Å². The molecule has 0 bridgehead atoms. The summed E-state index contributed by atoms with van der Waals surface area (Å²) in [4.78, 5) is 11.7. The van der Waals surface area contributed by atoms with Crippen molar-refractivity contribution in [3.05, 3.63) is 17.4 Å². The molecule has 0 aromatic carbocycles. The molecule has 2 heterocycles. The first-order valence-corrected chi connectivity index (χ1v) is 6.31. The minimum Gasteiger partial charge on any atom is -0.360 e. The van der Waals surface area contributed by atoms with Gasteiger partial charge in [-0.15, -0.1) is 15.3 Å². The molecule has 2 rings (SSSR count). The number of hydrogen-bond donors (Lipinski definition) is 2. The van der Waals surface area contributed by atoms with Gasteiger partial charge in [-0.25, -0.2) is 0 Å². The van der Waals surface area contributed by atoms with E-state index in [2.05, 4.69) is 31.1 Å². The Morgan fingerprint density at radius 1 is 1.50 bits per heavy atom. The maximum atomic E-state index is 11.7. The molecule has 2 aromatic heterocycles. The summed E-state index contributed by atoms with van der Waals surface area (Å²) in [6.45, 7) is 3.75. The van der Waals surface area contributed by atoms with Gasteiger partial charge < -0.3 is 10.6 Å². The summed E-state index contributed by atoms with van der Waals surface area (Å²) < 4.78 is 1.64. The van der Waals surface area contributed by atoms with Crippen LogP contribution >= 0.6 is 11.3 Å². The maximum Gasteiger partial charge on any atom is 0.282 e. The highest BCUT2D eigenvalue weighted by Gasteiger charge is 2.11. The second-order valence-corrected chi connectivity index (χ2v) is 4.34. The molecule has 0 aliphatic carbocycles. The molecule has 96 valence electrons. The van der Waals surface area contributed by atoms with Gasteiger partial charge in [-0.3, -0.25) is 9.48 Å². The number of rotatable bonds is 6. The number of carbonyl (C=O) groups excluding carboxylic acids is 1. The van der Waals surface area contributed by atoms with Crippen molar-refractivity contribution in [3.63, 3.8) is 0 Å². The molecule has 1 amide bonds. The molecule has 0 radical (unpaired) electrons. The summed E-state index contributed by atoms with van der Waals surface area (Å²) in [5.74, 6) is -0.225. The largest absolute Gasteiger partial charge is 0.360 e. The molecular formula is C9H13N7OS. The van der Waals surface area contributed by atoms with Gasteiger partial charge in [0.05, 0.1) is 12.7 Å². The lowest BCUT2D eigenvalue weighted by Gasteiger charge is -2.01. The number of amides is 1. The van der Waals surface area contributed by atoms with Crippen molar-refractivity contribution in [3.8, 4) is 0 Å². The third-order valence-corrected chi connectivity index (χ3v) is 2.93. The van der Waals surface area contributed by atoms with Gasteiger partial charge in [0.15, 0.2) is 0 Å². The van der Waals surface area contributed by atoms with Crippen LogP contribution in [-0.2, 0) is 6.54 Å². The van der Waals surface area contributed by atoms with Gasteiger partial charge in [0, 0.05) is 19.3 Å². The van der Waals surface area contributed by atoms with Gasteiger partial charge in [0.25, 0.3) is 5.91 Å². The van der Waals surface area contributed by atoms with Crippen LogP contribution in [0.25, 0.3) is 0 Å². The lowest BCUT2D eigenvalue weighted by molar-refractivity contribution is 0.0951. The molecule has 2 N–H and O–H groups in total. The Kier molecular flexibility index (Phi) is 4.18. The fourth-order valence-corrected chi connectivity index (χ4v) is 1.98. The van der Waals surface area contributed by atoms with Crippen molar-refractivity contribution < 1.29 is 4.79 Å². The van der Waals surface area contributed by atoms with E-state index in [-0.39, 0.29) is 5.91 Å². The zero-order chi connectivity index (χ0) is 12.8. The number of hydrogen-bond acceptors (Lipinski definition) is 7. The highest BCUT2D eigenvalue weighted by atomic mass is 32.1. The monoisotopic (exact) mass is 267 g/mol. The summed E-state index contributed by atoms with van der Waals surface area (Å²) in [6, 6.07) is 0. The van der Waals surface area contributed by atoms with E-state index in [1.165, 1.54) is 11.3 Å². The van der Waals surface area contributed by atoms with Gasteiger partial charge in [-0.2, -0.15) is 0 Å². The fourth-order valence-electron chi connectivity index (χ4n) is 1.25. The molecule has 8 nitrogen and oxygen atoms in total. The minimum absolute atomic E-state index is 0.225. The van der Waals surface area contributed by atoms with E-state index in [9.17, 15) is 4.79 Å². The molecule has 9 heteroatoms. The van der Waals surface area contributed by atoms with Gasteiger partial charge in [-0.05, 0) is 6.92 Å². The highest BCUT2D eigenvalue weighted by Crippen LogP contribution is 2.14. The van der Waals surface area contributed by atoms with Crippen LogP contribution in [0, 0.1) is 0 Å². The molecule has 0 saturated carbocycles. The minimum atomic E-state index is -0.225. The van der Waals surface area contributed by atoms with Crippen LogP contribution in [0.5, 0.6) is 0 Å². The lowest BCUT2D eigenvalue weighted by atomic mass is 10.5. The number of nitrogens with zero attached hydrogens (tertiary/aromatic N) is 5. The molecule has 0 saturated heterocycles. The maximum absolute atomic E-state index is 11.7. The normalized spacial score (nSPS) is 10.3. The Morgan fingerprint density at radius 3 is 3.11 bits per heavy atom. The average molecular weight is 267 g/mol. The SMILES string of the molecule is CCNc1nnc(C(=O)NCCn2ccnn2)s1. The molecule has 0 atom stereocenters. The predicted molar refractivity (Wildman–Crippen MR) is 66.4 cm³/mol. The number of aromatic nitrogens is 5. The van der Waals surface area contributed by atoms with Crippen LogP contribution < -0.4 is 10.6 Å². The third kappa shape index (κ3) is 3.23. The first kappa shape index (κ1) is 12.4. The zero-order valence-electron chi connectivity index (χ0n) is 9.83. The van der Waals surface area contributed by atoms with Crippen LogP contribution in [0.2, 0.25) is 0 Å². The lowest BCUT2D eigenvalue weighted by Crippen LogP contribution is -2.27. The van der Waals surface area contributed by atoms with Crippen LogP contribution in [0.1, 0.15) is 16.7 Å². The summed E-state index contributed by atoms with van der Waals surface area (Å²) in [5.41, 5.74) is 0. The van der Waals surface area contributed by atoms with E-state index < -0.39 is 0 Å². The van der Waals surface area contributed by atoms with Crippen LogP contribution in [-0.4, -0.2) is 44.2 Å². The third-order valence-electron chi connectivity index (χ3n) is 2.05. The highest BCUT2D eigenvalue weighted by molar-refractivity contribution is 7.17. The summed E-state index contributed by atoms with van der Waals surface area (Å²) in [6.07, 6.45) is 3.33. The average Bonchev–Trinajstić information content (AvgIpc) is 3.00. The Hall–Kier alpha value is -2.03. The van der Waals surface area contributed by atoms with Crippen LogP contribution in [0.3, 0.4) is 0 Å². The molecule has 0 aliphatic rings. The van der Waals surface area contributed by atoms with Gasteiger partial charge >= 0.3 is 0 Å². The molecule has 18 heavy (non-hydrogen) atoms. The molecule has 0 fully saturated rings. The summed E-state index contributed by atoms with van der Waals surface area (Å²) in [7, 11) is 0. The zero-order valence-corrected chi connectivity index (χ0v) is 10.6. The van der Waals surface area contributed by atoms with Crippen molar-refractivity contribution >= 4 is 22.4 Å². The Morgan fingerprint density at radius 2 is 2.39 bits per heavy atom. The second-order valence-electron chi connectivity index (χ2n) is 3.36.